The Bertz CT molecular complexity index is 867. The number of nitrogens with one attached hydrogen (secondary N) is 2. The molecule has 1 aromatic carbocycles. The van der Waals surface area contributed by atoms with Crippen molar-refractivity contribution in [3.05, 3.63) is 54.4 Å². The van der Waals surface area contributed by atoms with Crippen molar-refractivity contribution in [2.75, 3.05) is 23.4 Å². The van der Waals surface area contributed by atoms with Crippen molar-refractivity contribution >= 4 is 33.2 Å². The van der Waals surface area contributed by atoms with Gasteiger partial charge >= 0.3 is 0 Å². The molecule has 0 unspecified atom stereocenters. The fourth-order valence-electron chi connectivity index (χ4n) is 2.18. The van der Waals surface area contributed by atoms with Crippen molar-refractivity contribution in [3.63, 3.8) is 0 Å². The number of hydrogen-bond donors (Lipinski definition) is 2. The third-order valence-electron chi connectivity index (χ3n) is 3.39. The number of nitrogens with zero attached hydrogens (tertiary/aromatic N) is 2. The van der Waals surface area contributed by atoms with Crippen LogP contribution in [0.25, 0.3) is 0 Å². The molecule has 2 N–H and O–H groups in total. The van der Waals surface area contributed by atoms with E-state index in [4.69, 9.17) is 0 Å². The number of pyridine rings is 1. The monoisotopic (exact) mass is 376 g/mol. The first kappa shape index (κ1) is 19.5. The van der Waals surface area contributed by atoms with E-state index in [1.807, 2.05) is 0 Å². The third-order valence-corrected chi connectivity index (χ3v) is 4.58. The zero-order chi connectivity index (χ0) is 19.2. The molecular formula is C17H20N4O4S. The van der Waals surface area contributed by atoms with Crippen LogP contribution in [0.1, 0.15) is 12.5 Å². The Balaban J connectivity index is 2.02. The van der Waals surface area contributed by atoms with Crippen molar-refractivity contribution in [1.82, 2.24) is 9.29 Å². The van der Waals surface area contributed by atoms with Crippen LogP contribution in [0.15, 0.2) is 48.8 Å². The lowest BCUT2D eigenvalue weighted by atomic mass is 10.2. The van der Waals surface area contributed by atoms with E-state index in [1.165, 1.54) is 6.92 Å². The van der Waals surface area contributed by atoms with E-state index in [0.717, 1.165) is 16.1 Å². The summed E-state index contributed by atoms with van der Waals surface area (Å²) in [5, 5.41) is 5.26. The van der Waals surface area contributed by atoms with Gasteiger partial charge in [-0.3, -0.25) is 14.6 Å². The van der Waals surface area contributed by atoms with Gasteiger partial charge in [0.2, 0.25) is 21.8 Å². The highest BCUT2D eigenvalue weighted by atomic mass is 32.2. The minimum Gasteiger partial charge on any atom is -0.326 e. The molecule has 0 aliphatic rings. The summed E-state index contributed by atoms with van der Waals surface area (Å²) in [7, 11) is -3.57. The molecule has 0 aliphatic heterocycles. The van der Waals surface area contributed by atoms with Crippen LogP contribution >= 0.6 is 0 Å². The van der Waals surface area contributed by atoms with Crippen molar-refractivity contribution in [1.29, 1.82) is 0 Å². The van der Waals surface area contributed by atoms with E-state index >= 15 is 0 Å². The Morgan fingerprint density at radius 3 is 2.04 bits per heavy atom. The van der Waals surface area contributed by atoms with Crippen LogP contribution in [0.4, 0.5) is 11.4 Å². The summed E-state index contributed by atoms with van der Waals surface area (Å²) in [6.45, 7) is 1.17. The summed E-state index contributed by atoms with van der Waals surface area (Å²) in [6.07, 6.45) is 4.18. The lowest BCUT2D eigenvalue weighted by Crippen LogP contribution is -2.36. The second-order valence-corrected chi connectivity index (χ2v) is 7.68. The van der Waals surface area contributed by atoms with Crippen LogP contribution in [0.3, 0.4) is 0 Å². The number of amides is 2. The Labute approximate surface area is 152 Å². The van der Waals surface area contributed by atoms with Gasteiger partial charge in [-0.2, -0.15) is 4.31 Å². The van der Waals surface area contributed by atoms with Gasteiger partial charge in [0.15, 0.2) is 0 Å². The van der Waals surface area contributed by atoms with Crippen molar-refractivity contribution in [2.24, 2.45) is 0 Å². The van der Waals surface area contributed by atoms with Crippen molar-refractivity contribution in [3.8, 4) is 0 Å². The number of aromatic nitrogens is 1. The molecule has 2 rings (SSSR count). The van der Waals surface area contributed by atoms with Crippen LogP contribution in [-0.4, -0.2) is 42.3 Å². The number of benzene rings is 1. The Kier molecular flexibility index (Phi) is 6.42. The van der Waals surface area contributed by atoms with Crippen LogP contribution in [0, 0.1) is 0 Å². The first-order valence-electron chi connectivity index (χ1n) is 7.75. The Morgan fingerprint density at radius 1 is 1.00 bits per heavy atom. The maximum atomic E-state index is 12.2. The van der Waals surface area contributed by atoms with E-state index in [9.17, 15) is 18.0 Å². The fraction of sp³-hybridized carbons (Fsp3) is 0.235. The topological polar surface area (TPSA) is 108 Å². The number of rotatable bonds is 7. The number of anilines is 2. The molecule has 0 bridgehead atoms. The summed E-state index contributed by atoms with van der Waals surface area (Å²) in [6, 6.07) is 9.91. The molecule has 26 heavy (non-hydrogen) atoms. The molecule has 1 heterocycles. The molecule has 0 atom stereocenters. The smallest absolute Gasteiger partial charge is 0.239 e. The molecule has 9 heteroatoms. The summed E-state index contributed by atoms with van der Waals surface area (Å²) in [4.78, 5) is 27.1. The van der Waals surface area contributed by atoms with Gasteiger partial charge in [-0.05, 0) is 42.0 Å². The molecule has 0 radical (unpaired) electrons. The van der Waals surface area contributed by atoms with Gasteiger partial charge < -0.3 is 10.6 Å². The van der Waals surface area contributed by atoms with E-state index in [-0.39, 0.29) is 19.0 Å². The SMILES string of the molecule is CC(=O)Nc1ccc(NC(=O)CN(Cc2ccncc2)S(C)(=O)=O)cc1. The lowest BCUT2D eigenvalue weighted by molar-refractivity contribution is -0.116. The van der Waals surface area contributed by atoms with Gasteiger partial charge in [-0.25, -0.2) is 8.42 Å². The summed E-state index contributed by atoms with van der Waals surface area (Å²) >= 11 is 0. The zero-order valence-electron chi connectivity index (χ0n) is 14.5. The molecule has 0 fully saturated rings. The molecule has 2 amide bonds. The molecule has 0 aliphatic carbocycles. The van der Waals surface area contributed by atoms with Gasteiger partial charge in [-0.15, -0.1) is 0 Å². The largest absolute Gasteiger partial charge is 0.326 e. The highest BCUT2D eigenvalue weighted by Gasteiger charge is 2.20. The van der Waals surface area contributed by atoms with Gasteiger partial charge in [-0.1, -0.05) is 0 Å². The van der Waals surface area contributed by atoms with E-state index in [2.05, 4.69) is 15.6 Å². The van der Waals surface area contributed by atoms with Gasteiger partial charge in [0.05, 0.1) is 12.8 Å². The number of carbonyl (C=O) groups is 2. The molecule has 138 valence electrons. The highest BCUT2D eigenvalue weighted by Crippen LogP contribution is 2.14. The number of carbonyl (C=O) groups excluding carboxylic acids is 2. The Hall–Kier alpha value is -2.78. The highest BCUT2D eigenvalue weighted by molar-refractivity contribution is 7.88. The summed E-state index contributed by atoms with van der Waals surface area (Å²) < 4.78 is 25.0. The third kappa shape index (κ3) is 6.26. The zero-order valence-corrected chi connectivity index (χ0v) is 15.3. The second-order valence-electron chi connectivity index (χ2n) is 5.69. The predicted molar refractivity (Wildman–Crippen MR) is 98.9 cm³/mol. The minimum absolute atomic E-state index is 0.0796. The molecule has 0 saturated carbocycles. The van der Waals surface area contributed by atoms with E-state index in [1.54, 1.807) is 48.8 Å². The second kappa shape index (κ2) is 8.54. The van der Waals surface area contributed by atoms with Gasteiger partial charge in [0.25, 0.3) is 0 Å². The Morgan fingerprint density at radius 2 is 1.54 bits per heavy atom. The normalized spacial score (nSPS) is 11.2. The predicted octanol–water partition coefficient (Wildman–Crippen LogP) is 1.44. The average molecular weight is 376 g/mol. The van der Waals surface area contributed by atoms with Crippen LogP contribution in [-0.2, 0) is 26.2 Å². The van der Waals surface area contributed by atoms with E-state index < -0.39 is 15.9 Å². The summed E-state index contributed by atoms with van der Waals surface area (Å²) in [5.41, 5.74) is 1.84. The van der Waals surface area contributed by atoms with Crippen molar-refractivity contribution < 1.29 is 18.0 Å². The van der Waals surface area contributed by atoms with Crippen LogP contribution in [0.2, 0.25) is 0 Å². The lowest BCUT2D eigenvalue weighted by Gasteiger charge is -2.19. The first-order valence-corrected chi connectivity index (χ1v) is 9.60. The molecule has 0 spiro atoms. The van der Waals surface area contributed by atoms with Gasteiger partial charge in [0.1, 0.15) is 0 Å². The number of hydrogen-bond acceptors (Lipinski definition) is 5. The maximum Gasteiger partial charge on any atom is 0.239 e. The maximum absolute atomic E-state index is 12.2. The molecular weight excluding hydrogens is 356 g/mol. The quantitative estimate of drug-likeness (QED) is 0.760. The van der Waals surface area contributed by atoms with E-state index in [0.29, 0.717) is 11.4 Å². The number of sulfonamides is 1. The van der Waals surface area contributed by atoms with Crippen LogP contribution in [0.5, 0.6) is 0 Å². The summed E-state index contributed by atoms with van der Waals surface area (Å²) in [5.74, 6) is -0.654. The standard InChI is InChI=1S/C17H20N4O4S/c1-13(22)19-15-3-5-16(6-4-15)20-17(23)12-21(26(2,24)25)11-14-7-9-18-10-8-14/h3-10H,11-12H2,1-2H3,(H,19,22)(H,20,23). The van der Waals surface area contributed by atoms with Gasteiger partial charge in [0, 0.05) is 37.2 Å². The molecule has 1 aromatic heterocycles. The van der Waals surface area contributed by atoms with Crippen LogP contribution < -0.4 is 10.6 Å². The molecule has 0 saturated heterocycles. The minimum atomic E-state index is -3.57. The molecule has 8 nitrogen and oxygen atoms in total. The van der Waals surface area contributed by atoms with Crippen molar-refractivity contribution in [2.45, 2.75) is 13.5 Å². The fourth-order valence-corrected chi connectivity index (χ4v) is 2.92. The first-order chi connectivity index (χ1) is 12.2. The average Bonchev–Trinajstić information content (AvgIpc) is 2.56. The molecule has 2 aromatic rings.